The highest BCUT2D eigenvalue weighted by atomic mass is 19.1. The van der Waals surface area contributed by atoms with Crippen LogP contribution in [0.3, 0.4) is 0 Å². The molecule has 0 aromatic heterocycles. The number of rotatable bonds is 4. The van der Waals surface area contributed by atoms with Gasteiger partial charge in [-0.25, -0.2) is 9.18 Å². The molecule has 4 heteroatoms. The molecule has 2 atom stereocenters. The monoisotopic (exact) mass is 293 g/mol. The van der Waals surface area contributed by atoms with Crippen molar-refractivity contribution in [2.75, 3.05) is 12.4 Å². The zero-order valence-corrected chi connectivity index (χ0v) is 13.0. The first-order chi connectivity index (χ1) is 9.99. The maximum absolute atomic E-state index is 13.1. The van der Waals surface area contributed by atoms with Crippen molar-refractivity contribution in [2.24, 2.45) is 11.8 Å². The molecule has 1 aliphatic rings. The highest BCUT2D eigenvalue weighted by Gasteiger charge is 2.49. The van der Waals surface area contributed by atoms with E-state index in [4.69, 9.17) is 4.74 Å². The van der Waals surface area contributed by atoms with Crippen molar-refractivity contribution in [3.8, 4) is 0 Å². The summed E-state index contributed by atoms with van der Waals surface area (Å²) >= 11 is 0. The highest BCUT2D eigenvalue weighted by Crippen LogP contribution is 2.41. The Kier molecular flexibility index (Phi) is 4.86. The first-order valence-electron chi connectivity index (χ1n) is 7.62. The van der Waals surface area contributed by atoms with Crippen LogP contribution in [0.25, 0.3) is 0 Å². The fourth-order valence-corrected chi connectivity index (χ4v) is 3.53. The number of carbonyl (C=O) groups excluding carboxylic acids is 1. The molecule has 0 heterocycles. The van der Waals surface area contributed by atoms with Gasteiger partial charge in [0.15, 0.2) is 0 Å². The molecule has 116 valence electrons. The SMILES string of the molecule is COC(=O)C1(Nc2ccc(F)cc2)CCCCC1C(C)C. The molecule has 1 N–H and O–H groups in total. The van der Waals surface area contributed by atoms with Gasteiger partial charge in [0.1, 0.15) is 11.4 Å². The first kappa shape index (κ1) is 15.8. The normalized spacial score (nSPS) is 25.7. The average Bonchev–Trinajstić information content (AvgIpc) is 2.49. The molecule has 21 heavy (non-hydrogen) atoms. The van der Waals surface area contributed by atoms with Crippen molar-refractivity contribution >= 4 is 11.7 Å². The number of ether oxygens (including phenoxy) is 1. The van der Waals surface area contributed by atoms with Crippen molar-refractivity contribution in [3.63, 3.8) is 0 Å². The van der Waals surface area contributed by atoms with E-state index in [0.717, 1.165) is 31.4 Å². The van der Waals surface area contributed by atoms with Gasteiger partial charge in [0.05, 0.1) is 7.11 Å². The van der Waals surface area contributed by atoms with E-state index < -0.39 is 5.54 Å². The van der Waals surface area contributed by atoms with Crippen LogP contribution in [0.15, 0.2) is 24.3 Å². The standard InChI is InChI=1S/C17H24FNO2/c1-12(2)15-6-4-5-11-17(15,16(20)21-3)19-14-9-7-13(18)8-10-14/h7-10,12,15,19H,4-6,11H2,1-3H3. The van der Waals surface area contributed by atoms with E-state index >= 15 is 0 Å². The van der Waals surface area contributed by atoms with Crippen LogP contribution in [0.2, 0.25) is 0 Å². The lowest BCUT2D eigenvalue weighted by molar-refractivity contribution is -0.150. The molecule has 1 fully saturated rings. The number of halogens is 1. The zero-order valence-electron chi connectivity index (χ0n) is 13.0. The van der Waals surface area contributed by atoms with Crippen LogP contribution in [0.4, 0.5) is 10.1 Å². The van der Waals surface area contributed by atoms with E-state index in [9.17, 15) is 9.18 Å². The fraction of sp³-hybridized carbons (Fsp3) is 0.588. The number of esters is 1. The van der Waals surface area contributed by atoms with E-state index in [1.807, 2.05) is 0 Å². The summed E-state index contributed by atoms with van der Waals surface area (Å²) in [6.45, 7) is 4.28. The topological polar surface area (TPSA) is 38.3 Å². The maximum atomic E-state index is 13.1. The lowest BCUT2D eigenvalue weighted by Crippen LogP contribution is -2.56. The number of carbonyl (C=O) groups is 1. The van der Waals surface area contributed by atoms with Crippen LogP contribution in [0.5, 0.6) is 0 Å². The summed E-state index contributed by atoms with van der Waals surface area (Å²) in [5.74, 6) is 0.0862. The summed E-state index contributed by atoms with van der Waals surface area (Å²) in [6, 6.07) is 6.15. The molecule has 1 aliphatic carbocycles. The predicted octanol–water partition coefficient (Wildman–Crippen LogP) is 4.00. The minimum absolute atomic E-state index is 0.212. The second-order valence-electron chi connectivity index (χ2n) is 6.19. The third kappa shape index (κ3) is 3.20. The number of nitrogens with one attached hydrogen (secondary N) is 1. The second kappa shape index (κ2) is 6.46. The van der Waals surface area contributed by atoms with Gasteiger partial charge in [-0.1, -0.05) is 26.7 Å². The molecule has 0 bridgehead atoms. The summed E-state index contributed by atoms with van der Waals surface area (Å²) in [7, 11) is 1.43. The Morgan fingerprint density at radius 2 is 2.00 bits per heavy atom. The number of hydrogen-bond acceptors (Lipinski definition) is 3. The average molecular weight is 293 g/mol. The summed E-state index contributed by atoms with van der Waals surface area (Å²) in [5, 5.41) is 3.36. The van der Waals surface area contributed by atoms with E-state index in [-0.39, 0.29) is 17.7 Å². The summed E-state index contributed by atoms with van der Waals surface area (Å²) in [6.07, 6.45) is 3.88. The van der Waals surface area contributed by atoms with Crippen molar-refractivity contribution in [2.45, 2.75) is 45.1 Å². The van der Waals surface area contributed by atoms with Crippen molar-refractivity contribution in [1.29, 1.82) is 0 Å². The van der Waals surface area contributed by atoms with Crippen LogP contribution in [0, 0.1) is 17.7 Å². The van der Waals surface area contributed by atoms with Crippen LogP contribution in [-0.2, 0) is 9.53 Å². The Balaban J connectivity index is 2.35. The van der Waals surface area contributed by atoms with Crippen molar-refractivity contribution < 1.29 is 13.9 Å². The number of anilines is 1. The minimum atomic E-state index is -0.709. The van der Waals surface area contributed by atoms with Gasteiger partial charge in [0.25, 0.3) is 0 Å². The van der Waals surface area contributed by atoms with Gasteiger partial charge < -0.3 is 10.1 Å². The van der Waals surface area contributed by atoms with Gasteiger partial charge in [-0.05, 0) is 48.9 Å². The molecule has 0 radical (unpaired) electrons. The van der Waals surface area contributed by atoms with Gasteiger partial charge >= 0.3 is 5.97 Å². The predicted molar refractivity (Wildman–Crippen MR) is 81.6 cm³/mol. The second-order valence-corrected chi connectivity index (χ2v) is 6.19. The van der Waals surface area contributed by atoms with Gasteiger partial charge in [0.2, 0.25) is 0 Å². The Hall–Kier alpha value is -1.58. The Bertz CT molecular complexity index is 486. The van der Waals surface area contributed by atoms with E-state index in [0.29, 0.717) is 5.92 Å². The molecular weight excluding hydrogens is 269 g/mol. The third-order valence-corrected chi connectivity index (χ3v) is 4.54. The molecule has 0 saturated heterocycles. The Labute approximate surface area is 125 Å². The zero-order chi connectivity index (χ0) is 15.5. The number of benzene rings is 1. The van der Waals surface area contributed by atoms with Crippen LogP contribution < -0.4 is 5.32 Å². The summed E-state index contributed by atoms with van der Waals surface area (Å²) in [5.41, 5.74) is 0.0493. The molecule has 0 aliphatic heterocycles. The molecular formula is C17H24FNO2. The van der Waals surface area contributed by atoms with E-state index in [1.54, 1.807) is 12.1 Å². The molecule has 2 unspecified atom stereocenters. The fourth-order valence-electron chi connectivity index (χ4n) is 3.53. The Morgan fingerprint density at radius 3 is 2.57 bits per heavy atom. The van der Waals surface area contributed by atoms with Crippen molar-refractivity contribution in [1.82, 2.24) is 0 Å². The molecule has 1 saturated carbocycles. The van der Waals surface area contributed by atoms with E-state index in [2.05, 4.69) is 19.2 Å². The molecule has 2 rings (SSSR count). The Morgan fingerprint density at radius 1 is 1.33 bits per heavy atom. The van der Waals surface area contributed by atoms with Gasteiger partial charge in [0, 0.05) is 5.69 Å². The lowest BCUT2D eigenvalue weighted by Gasteiger charge is -2.45. The molecule has 1 aromatic rings. The minimum Gasteiger partial charge on any atom is -0.467 e. The number of methoxy groups -OCH3 is 1. The summed E-state index contributed by atoms with van der Waals surface area (Å²) < 4.78 is 18.2. The molecule has 0 spiro atoms. The smallest absolute Gasteiger partial charge is 0.331 e. The largest absolute Gasteiger partial charge is 0.467 e. The molecule has 0 amide bonds. The van der Waals surface area contributed by atoms with Crippen LogP contribution in [-0.4, -0.2) is 18.6 Å². The first-order valence-corrected chi connectivity index (χ1v) is 7.62. The lowest BCUT2D eigenvalue weighted by atomic mass is 9.67. The van der Waals surface area contributed by atoms with E-state index in [1.165, 1.54) is 19.2 Å². The van der Waals surface area contributed by atoms with Gasteiger partial charge in [-0.15, -0.1) is 0 Å². The van der Waals surface area contributed by atoms with Gasteiger partial charge in [-0.2, -0.15) is 0 Å². The van der Waals surface area contributed by atoms with Crippen LogP contribution in [0.1, 0.15) is 39.5 Å². The molecule has 3 nitrogen and oxygen atoms in total. The maximum Gasteiger partial charge on any atom is 0.331 e. The van der Waals surface area contributed by atoms with Gasteiger partial charge in [-0.3, -0.25) is 0 Å². The van der Waals surface area contributed by atoms with Crippen molar-refractivity contribution in [3.05, 3.63) is 30.1 Å². The highest BCUT2D eigenvalue weighted by molar-refractivity contribution is 5.85. The van der Waals surface area contributed by atoms with Crippen LogP contribution >= 0.6 is 0 Å². The number of hydrogen-bond donors (Lipinski definition) is 1. The summed E-state index contributed by atoms with van der Waals surface area (Å²) in [4.78, 5) is 12.5. The quantitative estimate of drug-likeness (QED) is 0.853. The third-order valence-electron chi connectivity index (χ3n) is 4.54. The molecule has 1 aromatic carbocycles.